The quantitative estimate of drug-likeness (QED) is 0.362. The summed E-state index contributed by atoms with van der Waals surface area (Å²) in [5.41, 5.74) is 2.32. The Morgan fingerprint density at radius 3 is 2.58 bits per heavy atom. The van der Waals surface area contributed by atoms with E-state index in [9.17, 15) is 4.79 Å². The van der Waals surface area contributed by atoms with Crippen LogP contribution in [0, 0.1) is 0 Å². The van der Waals surface area contributed by atoms with Gasteiger partial charge in [-0.2, -0.15) is 0 Å². The molecule has 1 aromatic rings. The molecule has 1 amide bonds. The highest BCUT2D eigenvalue weighted by Gasteiger charge is 2.25. The number of amides is 1. The molecule has 6 nitrogen and oxygen atoms in total. The van der Waals surface area contributed by atoms with E-state index in [0.29, 0.717) is 19.6 Å². The van der Waals surface area contributed by atoms with Gasteiger partial charge < -0.3 is 20.3 Å². The van der Waals surface area contributed by atoms with Gasteiger partial charge in [0.15, 0.2) is 5.96 Å². The van der Waals surface area contributed by atoms with Crippen LogP contribution in [0.4, 0.5) is 0 Å². The number of ether oxygens (including phenoxy) is 1. The summed E-state index contributed by atoms with van der Waals surface area (Å²) < 4.78 is 5.13. The third kappa shape index (κ3) is 7.11. The molecule has 0 spiro atoms. The summed E-state index contributed by atoms with van der Waals surface area (Å²) in [7, 11) is 1.70. The molecule has 7 heteroatoms. The monoisotopic (exact) mass is 474 g/mol. The van der Waals surface area contributed by atoms with Crippen LogP contribution in [0.5, 0.6) is 0 Å². The van der Waals surface area contributed by atoms with Gasteiger partial charge in [-0.3, -0.25) is 4.79 Å². The van der Waals surface area contributed by atoms with Crippen molar-refractivity contribution in [2.75, 3.05) is 26.7 Å². The summed E-state index contributed by atoms with van der Waals surface area (Å²) in [6.07, 6.45) is 1.53. The van der Waals surface area contributed by atoms with Crippen LogP contribution in [0.25, 0.3) is 0 Å². The number of methoxy groups -OCH3 is 1. The fourth-order valence-corrected chi connectivity index (χ4v) is 2.92. The van der Waals surface area contributed by atoms with Crippen molar-refractivity contribution in [3.8, 4) is 0 Å². The third-order valence-electron chi connectivity index (χ3n) is 4.28. The minimum absolute atomic E-state index is 0. The molecule has 1 aliphatic heterocycles. The van der Waals surface area contributed by atoms with E-state index in [1.54, 1.807) is 7.11 Å². The Bertz CT molecular complexity index is 577. The lowest BCUT2D eigenvalue weighted by molar-refractivity contribution is -0.129. The molecule has 146 valence electrons. The Kier molecular flexibility index (Phi) is 10.6. The van der Waals surface area contributed by atoms with E-state index in [2.05, 4.69) is 46.8 Å². The Balaban J connectivity index is 0.00000338. The van der Waals surface area contributed by atoms with Crippen LogP contribution in [0.3, 0.4) is 0 Å². The van der Waals surface area contributed by atoms with Crippen LogP contribution in [0.1, 0.15) is 37.8 Å². The first-order chi connectivity index (χ1) is 12.2. The fourth-order valence-electron chi connectivity index (χ4n) is 2.92. The number of nitrogens with zero attached hydrogens (tertiary/aromatic N) is 2. The summed E-state index contributed by atoms with van der Waals surface area (Å²) in [4.78, 5) is 18.4. The van der Waals surface area contributed by atoms with Gasteiger partial charge in [0, 0.05) is 39.2 Å². The van der Waals surface area contributed by atoms with Gasteiger partial charge in [0.05, 0.1) is 13.2 Å². The van der Waals surface area contributed by atoms with Crippen LogP contribution < -0.4 is 10.6 Å². The number of likely N-dealkylation sites (tertiary alicyclic amines) is 1. The predicted octanol–water partition coefficient (Wildman–Crippen LogP) is 2.52. The number of rotatable bonds is 7. The number of benzene rings is 1. The molecule has 1 aromatic carbocycles. The molecule has 1 saturated heterocycles. The van der Waals surface area contributed by atoms with E-state index in [4.69, 9.17) is 4.74 Å². The van der Waals surface area contributed by atoms with Crippen molar-refractivity contribution < 1.29 is 9.53 Å². The Labute approximate surface area is 173 Å². The van der Waals surface area contributed by atoms with Crippen molar-refractivity contribution in [1.82, 2.24) is 15.5 Å². The van der Waals surface area contributed by atoms with Crippen LogP contribution >= 0.6 is 24.0 Å². The molecule has 1 heterocycles. The van der Waals surface area contributed by atoms with Gasteiger partial charge in [-0.25, -0.2) is 4.99 Å². The minimum Gasteiger partial charge on any atom is -0.380 e. The summed E-state index contributed by atoms with van der Waals surface area (Å²) in [5, 5.41) is 6.74. The first-order valence-corrected chi connectivity index (χ1v) is 9.05. The zero-order valence-electron chi connectivity index (χ0n) is 16.0. The maximum Gasteiger partial charge on any atom is 0.222 e. The lowest BCUT2D eigenvalue weighted by Gasteiger charge is -2.18. The number of hydrogen-bond acceptors (Lipinski definition) is 3. The Hall–Kier alpha value is -1.35. The maximum absolute atomic E-state index is 11.8. The summed E-state index contributed by atoms with van der Waals surface area (Å²) in [6.45, 7) is 7.59. The van der Waals surface area contributed by atoms with Gasteiger partial charge in [-0.15, -0.1) is 24.0 Å². The average molecular weight is 474 g/mol. The number of carbonyl (C=O) groups is 1. The lowest BCUT2D eigenvalue weighted by Crippen LogP contribution is -2.45. The van der Waals surface area contributed by atoms with E-state index in [-0.39, 0.29) is 35.9 Å². The van der Waals surface area contributed by atoms with Crippen molar-refractivity contribution in [3.63, 3.8) is 0 Å². The van der Waals surface area contributed by atoms with Crippen LogP contribution in [-0.4, -0.2) is 49.6 Å². The largest absolute Gasteiger partial charge is 0.380 e. The lowest BCUT2D eigenvalue weighted by atomic mass is 10.1. The van der Waals surface area contributed by atoms with Gasteiger partial charge in [0.25, 0.3) is 0 Å². The molecule has 0 aromatic heterocycles. The van der Waals surface area contributed by atoms with Crippen LogP contribution in [0.2, 0.25) is 0 Å². The predicted molar refractivity (Wildman–Crippen MR) is 116 cm³/mol. The Morgan fingerprint density at radius 1 is 1.27 bits per heavy atom. The molecule has 0 bridgehead atoms. The molecule has 0 aliphatic carbocycles. The molecule has 1 unspecified atom stereocenters. The van der Waals surface area contributed by atoms with E-state index in [0.717, 1.165) is 43.1 Å². The second-order valence-electron chi connectivity index (χ2n) is 6.27. The normalized spacial score (nSPS) is 17.0. The smallest absolute Gasteiger partial charge is 0.222 e. The molecule has 0 radical (unpaired) electrons. The number of carbonyl (C=O) groups excluding carboxylic acids is 1. The highest BCUT2D eigenvalue weighted by molar-refractivity contribution is 14.0. The molecular weight excluding hydrogens is 443 g/mol. The molecular formula is C19H31IN4O2. The molecule has 2 rings (SSSR count). The van der Waals surface area contributed by atoms with Gasteiger partial charge in [-0.05, 0) is 24.5 Å². The zero-order chi connectivity index (χ0) is 18.1. The molecule has 2 N–H and O–H groups in total. The van der Waals surface area contributed by atoms with E-state index < -0.39 is 0 Å². The van der Waals surface area contributed by atoms with Crippen molar-refractivity contribution in [2.45, 2.75) is 45.9 Å². The van der Waals surface area contributed by atoms with Crippen molar-refractivity contribution in [1.29, 1.82) is 0 Å². The van der Waals surface area contributed by atoms with Gasteiger partial charge in [0.2, 0.25) is 5.91 Å². The summed E-state index contributed by atoms with van der Waals surface area (Å²) in [6, 6.07) is 8.56. The summed E-state index contributed by atoms with van der Waals surface area (Å²) in [5.74, 6) is 1.03. The second kappa shape index (κ2) is 12.1. The van der Waals surface area contributed by atoms with E-state index in [1.807, 2.05) is 11.8 Å². The first kappa shape index (κ1) is 22.7. The molecule has 26 heavy (non-hydrogen) atoms. The molecule has 0 saturated carbocycles. The maximum atomic E-state index is 11.8. The second-order valence-corrected chi connectivity index (χ2v) is 6.27. The summed E-state index contributed by atoms with van der Waals surface area (Å²) >= 11 is 0. The Morgan fingerprint density at radius 2 is 1.96 bits per heavy atom. The van der Waals surface area contributed by atoms with Gasteiger partial charge >= 0.3 is 0 Å². The number of hydrogen-bond donors (Lipinski definition) is 2. The van der Waals surface area contributed by atoms with E-state index >= 15 is 0 Å². The molecule has 1 aliphatic rings. The van der Waals surface area contributed by atoms with Crippen molar-refractivity contribution in [2.24, 2.45) is 4.99 Å². The first-order valence-electron chi connectivity index (χ1n) is 9.05. The highest BCUT2D eigenvalue weighted by Crippen LogP contribution is 2.11. The number of halogens is 1. The van der Waals surface area contributed by atoms with Gasteiger partial charge in [-0.1, -0.05) is 31.2 Å². The number of nitrogens with one attached hydrogen (secondary N) is 2. The number of aliphatic imine (C=N–C) groups is 1. The number of guanidine groups is 1. The highest BCUT2D eigenvalue weighted by atomic mass is 127. The topological polar surface area (TPSA) is 66.0 Å². The van der Waals surface area contributed by atoms with Crippen LogP contribution in [-0.2, 0) is 22.7 Å². The standard InChI is InChI=1S/C19H30N4O2.HI/c1-4-18(24)23-11-10-17(13-23)22-19(20-5-2)21-12-15-6-8-16(9-7-15)14-25-3;/h6-9,17H,4-5,10-14H2,1-3H3,(H2,20,21,22);1H. The van der Waals surface area contributed by atoms with Gasteiger partial charge in [0.1, 0.15) is 0 Å². The molecule has 1 fully saturated rings. The van der Waals surface area contributed by atoms with Crippen molar-refractivity contribution in [3.05, 3.63) is 35.4 Å². The SMILES string of the molecule is CCNC(=NCc1ccc(COC)cc1)NC1CCN(C(=O)CC)C1.I. The average Bonchev–Trinajstić information content (AvgIpc) is 3.09. The molecule has 1 atom stereocenters. The fraction of sp³-hybridized carbons (Fsp3) is 0.579. The van der Waals surface area contributed by atoms with E-state index in [1.165, 1.54) is 0 Å². The minimum atomic E-state index is 0. The zero-order valence-corrected chi connectivity index (χ0v) is 18.3. The third-order valence-corrected chi connectivity index (χ3v) is 4.28. The van der Waals surface area contributed by atoms with Crippen LogP contribution in [0.15, 0.2) is 29.3 Å². The van der Waals surface area contributed by atoms with Crippen molar-refractivity contribution >= 4 is 35.8 Å².